The minimum atomic E-state index is 0. The molecule has 0 spiro atoms. The van der Waals surface area contributed by atoms with Crippen molar-refractivity contribution >= 4 is 24.8 Å². The molecule has 110 valence electrons. The van der Waals surface area contributed by atoms with Crippen molar-refractivity contribution in [3.05, 3.63) is 35.4 Å². The Kier molecular flexibility index (Phi) is 7.99. The quantitative estimate of drug-likeness (QED) is 0.894. The molecule has 2 nitrogen and oxygen atoms in total. The molecule has 2 rings (SSSR count). The predicted octanol–water partition coefficient (Wildman–Crippen LogP) is 3.42. The summed E-state index contributed by atoms with van der Waals surface area (Å²) < 4.78 is 0. The monoisotopic (exact) mass is 304 g/mol. The molecule has 1 atom stereocenters. The normalized spacial score (nSPS) is 19.2. The standard InChI is InChI=1S/C15H24N2.2ClH/c1-12-6-8-13(9-7-12)15(2,3)17-14-5-4-10-16-11-14;;/h6-9,14,16-17H,4-5,10-11H2,1-3H3;2*1H. The fourth-order valence-electron chi connectivity index (χ4n) is 2.54. The lowest BCUT2D eigenvalue weighted by Gasteiger charge is -2.34. The number of hydrogen-bond donors (Lipinski definition) is 2. The Morgan fingerprint density at radius 3 is 2.32 bits per heavy atom. The van der Waals surface area contributed by atoms with Gasteiger partial charge in [-0.15, -0.1) is 24.8 Å². The molecular weight excluding hydrogens is 279 g/mol. The van der Waals surface area contributed by atoms with Gasteiger partial charge >= 0.3 is 0 Å². The van der Waals surface area contributed by atoms with Crippen LogP contribution in [0.1, 0.15) is 37.8 Å². The van der Waals surface area contributed by atoms with Gasteiger partial charge in [-0.05, 0) is 45.7 Å². The maximum absolute atomic E-state index is 3.77. The largest absolute Gasteiger partial charge is 0.315 e. The maximum Gasteiger partial charge on any atom is 0.0380 e. The first kappa shape index (κ1) is 18.7. The van der Waals surface area contributed by atoms with E-state index in [1.54, 1.807) is 0 Å². The molecule has 4 heteroatoms. The predicted molar refractivity (Wildman–Crippen MR) is 87.7 cm³/mol. The summed E-state index contributed by atoms with van der Waals surface area (Å²) in [6.45, 7) is 8.94. The topological polar surface area (TPSA) is 24.1 Å². The summed E-state index contributed by atoms with van der Waals surface area (Å²) >= 11 is 0. The van der Waals surface area contributed by atoms with Gasteiger partial charge in [0.2, 0.25) is 0 Å². The Labute approximate surface area is 129 Å². The summed E-state index contributed by atoms with van der Waals surface area (Å²) in [5, 5.41) is 7.22. The number of piperidine rings is 1. The lowest BCUT2D eigenvalue weighted by molar-refractivity contribution is 0.294. The second-order valence-corrected chi connectivity index (χ2v) is 5.68. The van der Waals surface area contributed by atoms with Crippen molar-refractivity contribution in [3.8, 4) is 0 Å². The van der Waals surface area contributed by atoms with Gasteiger partial charge in [-0.3, -0.25) is 0 Å². The van der Waals surface area contributed by atoms with E-state index in [2.05, 4.69) is 55.7 Å². The summed E-state index contributed by atoms with van der Waals surface area (Å²) in [7, 11) is 0. The van der Waals surface area contributed by atoms with Gasteiger partial charge in [0, 0.05) is 18.1 Å². The van der Waals surface area contributed by atoms with Gasteiger partial charge in [0.1, 0.15) is 0 Å². The van der Waals surface area contributed by atoms with Crippen LogP contribution in [-0.2, 0) is 5.54 Å². The summed E-state index contributed by atoms with van der Waals surface area (Å²) in [4.78, 5) is 0. The molecule has 1 aromatic carbocycles. The van der Waals surface area contributed by atoms with Crippen LogP contribution in [0.5, 0.6) is 0 Å². The first-order chi connectivity index (χ1) is 8.08. The van der Waals surface area contributed by atoms with E-state index in [4.69, 9.17) is 0 Å². The number of hydrogen-bond acceptors (Lipinski definition) is 2. The van der Waals surface area contributed by atoms with Gasteiger partial charge in [0.15, 0.2) is 0 Å². The number of benzene rings is 1. The molecule has 1 heterocycles. The average molecular weight is 305 g/mol. The van der Waals surface area contributed by atoms with Crippen LogP contribution in [0.2, 0.25) is 0 Å². The first-order valence-corrected chi connectivity index (χ1v) is 6.63. The molecule has 0 radical (unpaired) electrons. The molecule has 1 saturated heterocycles. The SMILES string of the molecule is Cc1ccc(C(C)(C)NC2CCCNC2)cc1.Cl.Cl. The van der Waals surface area contributed by atoms with Gasteiger partial charge in [-0.1, -0.05) is 29.8 Å². The fraction of sp³-hybridized carbons (Fsp3) is 0.600. The minimum Gasteiger partial charge on any atom is -0.315 e. The van der Waals surface area contributed by atoms with E-state index in [1.807, 2.05) is 0 Å². The smallest absolute Gasteiger partial charge is 0.0380 e. The van der Waals surface area contributed by atoms with Crippen LogP contribution in [0.25, 0.3) is 0 Å². The van der Waals surface area contributed by atoms with Crippen LogP contribution < -0.4 is 10.6 Å². The molecule has 0 saturated carbocycles. The third-order valence-corrected chi connectivity index (χ3v) is 3.64. The van der Waals surface area contributed by atoms with Crippen LogP contribution >= 0.6 is 24.8 Å². The van der Waals surface area contributed by atoms with Gasteiger partial charge in [-0.25, -0.2) is 0 Å². The Balaban J connectivity index is 0.00000162. The highest BCUT2D eigenvalue weighted by atomic mass is 35.5. The molecule has 1 aliphatic rings. The van der Waals surface area contributed by atoms with Crippen LogP contribution in [-0.4, -0.2) is 19.1 Å². The summed E-state index contributed by atoms with van der Waals surface area (Å²) in [6.07, 6.45) is 2.56. The van der Waals surface area contributed by atoms with Crippen molar-refractivity contribution in [1.29, 1.82) is 0 Å². The highest BCUT2D eigenvalue weighted by Gasteiger charge is 2.24. The number of halogens is 2. The van der Waals surface area contributed by atoms with Gasteiger partial charge < -0.3 is 10.6 Å². The molecule has 0 bridgehead atoms. The van der Waals surface area contributed by atoms with E-state index >= 15 is 0 Å². The van der Waals surface area contributed by atoms with E-state index in [1.165, 1.54) is 30.5 Å². The Bertz CT molecular complexity index is 357. The molecular formula is C15H26Cl2N2. The van der Waals surface area contributed by atoms with E-state index < -0.39 is 0 Å². The molecule has 0 amide bonds. The summed E-state index contributed by atoms with van der Waals surface area (Å²) in [5.74, 6) is 0. The molecule has 1 aliphatic heterocycles. The molecule has 2 N–H and O–H groups in total. The van der Waals surface area contributed by atoms with Crippen LogP contribution in [0.3, 0.4) is 0 Å². The van der Waals surface area contributed by atoms with E-state index in [0.29, 0.717) is 6.04 Å². The van der Waals surface area contributed by atoms with Crippen LogP contribution in [0.4, 0.5) is 0 Å². The molecule has 1 unspecified atom stereocenters. The fourth-order valence-corrected chi connectivity index (χ4v) is 2.54. The minimum absolute atomic E-state index is 0. The van der Waals surface area contributed by atoms with Gasteiger partial charge in [0.25, 0.3) is 0 Å². The van der Waals surface area contributed by atoms with Crippen molar-refractivity contribution in [1.82, 2.24) is 10.6 Å². The van der Waals surface area contributed by atoms with Crippen molar-refractivity contribution in [2.24, 2.45) is 0 Å². The summed E-state index contributed by atoms with van der Waals surface area (Å²) in [6, 6.07) is 9.45. The number of nitrogens with one attached hydrogen (secondary N) is 2. The van der Waals surface area contributed by atoms with E-state index in [-0.39, 0.29) is 30.4 Å². The summed E-state index contributed by atoms with van der Waals surface area (Å²) in [5.41, 5.74) is 2.75. The van der Waals surface area contributed by atoms with Crippen molar-refractivity contribution in [2.45, 2.75) is 45.2 Å². The Hall–Kier alpha value is -0.280. The first-order valence-electron chi connectivity index (χ1n) is 6.63. The number of aryl methyl sites for hydroxylation is 1. The maximum atomic E-state index is 3.77. The zero-order chi connectivity index (χ0) is 12.3. The van der Waals surface area contributed by atoms with Gasteiger partial charge in [0.05, 0.1) is 0 Å². The van der Waals surface area contributed by atoms with Crippen LogP contribution in [0, 0.1) is 6.92 Å². The van der Waals surface area contributed by atoms with E-state index in [9.17, 15) is 0 Å². The third kappa shape index (κ3) is 5.31. The molecule has 0 aromatic heterocycles. The van der Waals surface area contributed by atoms with Crippen molar-refractivity contribution < 1.29 is 0 Å². The Morgan fingerprint density at radius 2 is 1.79 bits per heavy atom. The Morgan fingerprint density at radius 1 is 1.16 bits per heavy atom. The molecule has 1 fully saturated rings. The zero-order valence-corrected chi connectivity index (χ0v) is 13.7. The van der Waals surface area contributed by atoms with Gasteiger partial charge in [-0.2, -0.15) is 0 Å². The van der Waals surface area contributed by atoms with E-state index in [0.717, 1.165) is 6.54 Å². The second kappa shape index (κ2) is 8.11. The second-order valence-electron chi connectivity index (χ2n) is 5.68. The van der Waals surface area contributed by atoms with Crippen molar-refractivity contribution in [2.75, 3.05) is 13.1 Å². The lowest BCUT2D eigenvalue weighted by atomic mass is 9.91. The highest BCUT2D eigenvalue weighted by Crippen LogP contribution is 2.22. The zero-order valence-electron chi connectivity index (χ0n) is 12.0. The highest BCUT2D eigenvalue weighted by molar-refractivity contribution is 5.85. The van der Waals surface area contributed by atoms with Crippen molar-refractivity contribution in [3.63, 3.8) is 0 Å². The third-order valence-electron chi connectivity index (χ3n) is 3.64. The average Bonchev–Trinajstić information content (AvgIpc) is 2.30. The molecule has 19 heavy (non-hydrogen) atoms. The number of rotatable bonds is 3. The van der Waals surface area contributed by atoms with Crippen LogP contribution in [0.15, 0.2) is 24.3 Å². The molecule has 1 aromatic rings. The lowest BCUT2D eigenvalue weighted by Crippen LogP contribution is -2.50. The molecule has 0 aliphatic carbocycles.